The third-order valence-electron chi connectivity index (χ3n) is 11.0. The zero-order valence-electron chi connectivity index (χ0n) is 36.5. The molecule has 1 heterocycles. The van der Waals surface area contributed by atoms with Gasteiger partial charge in [0.25, 0.3) is 0 Å². The second kappa shape index (κ2) is 12.7. The van der Waals surface area contributed by atoms with Gasteiger partial charge < -0.3 is 4.90 Å². The first-order valence-electron chi connectivity index (χ1n) is 21.9. The molecule has 11 rings (SSSR count). The van der Waals surface area contributed by atoms with Crippen LogP contribution in [0.3, 0.4) is 0 Å². The highest BCUT2D eigenvalue weighted by atomic mass is 32.1. The SMILES string of the molecule is [2H]c1c([2H])c([2H])c2c(C3(c4cccc5sc6ccccc6c45)c4ccccc4-c4cc(N(c5ccccc5)c5ccccc5-c5ccccc5)ccc43)c([2H])c([2H])c([2H])c2c1[2H]. The van der Waals surface area contributed by atoms with Crippen LogP contribution in [0.5, 0.6) is 0 Å². The molecule has 1 atom stereocenters. The third-order valence-corrected chi connectivity index (χ3v) is 12.2. The molecule has 0 fully saturated rings. The predicted molar refractivity (Wildman–Crippen MR) is 234 cm³/mol. The fourth-order valence-corrected chi connectivity index (χ4v) is 9.95. The van der Waals surface area contributed by atoms with Gasteiger partial charge in [0, 0.05) is 37.1 Å². The Morgan fingerprint density at radius 2 is 1.11 bits per heavy atom. The van der Waals surface area contributed by atoms with Gasteiger partial charge in [-0.2, -0.15) is 0 Å². The fraction of sp³-hybridized carbons (Fsp3) is 0.0189. The van der Waals surface area contributed by atoms with Gasteiger partial charge in [-0.15, -0.1) is 11.3 Å². The number of hydrogen-bond acceptors (Lipinski definition) is 2. The van der Waals surface area contributed by atoms with E-state index in [0.29, 0.717) is 0 Å². The summed E-state index contributed by atoms with van der Waals surface area (Å²) >= 11 is 1.67. The second-order valence-electron chi connectivity index (χ2n) is 13.9. The summed E-state index contributed by atoms with van der Waals surface area (Å²) in [6.45, 7) is 0. The molecule has 0 bridgehead atoms. The van der Waals surface area contributed by atoms with E-state index in [1.807, 2.05) is 72.8 Å². The van der Waals surface area contributed by atoms with Crippen molar-refractivity contribution in [3.05, 3.63) is 234 Å². The van der Waals surface area contributed by atoms with Crippen LogP contribution in [0, 0.1) is 0 Å². The molecule has 1 unspecified atom stereocenters. The Hall–Kier alpha value is -6.74. The molecule has 0 amide bonds. The smallest absolute Gasteiger partial charge is 0.0726 e. The van der Waals surface area contributed by atoms with Crippen molar-refractivity contribution < 1.29 is 9.60 Å². The number of nitrogens with zero attached hydrogens (tertiary/aromatic N) is 1. The Balaban J connectivity index is 1.31. The van der Waals surface area contributed by atoms with E-state index in [1.54, 1.807) is 11.3 Å². The number of rotatable bonds is 6. The van der Waals surface area contributed by atoms with E-state index in [4.69, 9.17) is 5.48 Å². The Morgan fingerprint density at radius 1 is 0.436 bits per heavy atom. The van der Waals surface area contributed by atoms with Gasteiger partial charge in [-0.3, -0.25) is 0 Å². The van der Waals surface area contributed by atoms with Crippen LogP contribution in [-0.2, 0) is 5.41 Å². The van der Waals surface area contributed by atoms with E-state index in [-0.39, 0.29) is 28.4 Å². The minimum Gasteiger partial charge on any atom is -0.310 e. The van der Waals surface area contributed by atoms with E-state index in [1.165, 1.54) is 0 Å². The van der Waals surface area contributed by atoms with Crippen molar-refractivity contribution >= 4 is 59.3 Å². The zero-order valence-corrected chi connectivity index (χ0v) is 30.3. The van der Waals surface area contributed by atoms with Gasteiger partial charge in [-0.1, -0.05) is 170 Å². The molecule has 0 N–H and O–H groups in total. The lowest BCUT2D eigenvalue weighted by atomic mass is 9.65. The summed E-state index contributed by atoms with van der Waals surface area (Å²) in [4.78, 5) is 2.26. The van der Waals surface area contributed by atoms with E-state index < -0.39 is 35.6 Å². The number of para-hydroxylation sites is 2. The lowest BCUT2D eigenvalue weighted by molar-refractivity contribution is 0.785. The van der Waals surface area contributed by atoms with Gasteiger partial charge in [0.05, 0.1) is 20.7 Å². The van der Waals surface area contributed by atoms with Gasteiger partial charge in [0.2, 0.25) is 0 Å². The average Bonchev–Trinajstić information content (AvgIpc) is 3.84. The molecule has 0 spiro atoms. The molecule has 1 nitrogen and oxygen atoms in total. The standard InChI is InChI=1S/C53H35NS/c1-3-17-37(18-4-1)41-24-10-13-30-49(41)54(38-21-5-2-6-22-38)39-33-34-47-44(35-39)42-25-9-12-27-46(42)53(47,45-28-15-20-36-19-7-8-23-40(36)45)48-29-16-32-51-52(48)43-26-11-14-31-50(43)55-51/h1-35H/i7D,8D,15D,19D,20D,23D,28D. The lowest BCUT2D eigenvalue weighted by Crippen LogP contribution is -2.29. The molecule has 0 radical (unpaired) electrons. The molecule has 1 aliphatic rings. The summed E-state index contributed by atoms with van der Waals surface area (Å²) in [6.07, 6.45) is 0. The molecule has 9 aromatic carbocycles. The van der Waals surface area contributed by atoms with Crippen molar-refractivity contribution in [3.63, 3.8) is 0 Å². The molecule has 258 valence electrons. The second-order valence-corrected chi connectivity index (χ2v) is 14.9. The maximum Gasteiger partial charge on any atom is 0.0726 e. The first-order chi connectivity index (χ1) is 30.2. The number of anilines is 3. The topological polar surface area (TPSA) is 3.24 Å². The van der Waals surface area contributed by atoms with Gasteiger partial charge >= 0.3 is 0 Å². The van der Waals surface area contributed by atoms with E-state index >= 15 is 0 Å². The van der Waals surface area contributed by atoms with E-state index in [9.17, 15) is 4.11 Å². The molecule has 1 aromatic heterocycles. The average molecular weight is 725 g/mol. The van der Waals surface area contributed by atoms with Crippen molar-refractivity contribution in [1.29, 1.82) is 0 Å². The summed E-state index contributed by atoms with van der Waals surface area (Å²) in [6, 6.07) is 55.2. The summed E-state index contributed by atoms with van der Waals surface area (Å²) in [7, 11) is 0. The van der Waals surface area contributed by atoms with E-state index in [0.717, 1.165) is 76.2 Å². The highest BCUT2D eigenvalue weighted by Gasteiger charge is 2.48. The molecule has 55 heavy (non-hydrogen) atoms. The van der Waals surface area contributed by atoms with Gasteiger partial charge in [-0.25, -0.2) is 0 Å². The number of hydrogen-bond donors (Lipinski definition) is 0. The van der Waals surface area contributed by atoms with Crippen LogP contribution < -0.4 is 4.90 Å². The number of fused-ring (bicyclic) bond motifs is 7. The number of thiophene rings is 1. The lowest BCUT2D eigenvalue weighted by Gasteiger charge is -2.36. The Kier molecular flexibility index (Phi) is 5.84. The molecule has 1 aliphatic carbocycles. The fourth-order valence-electron chi connectivity index (χ4n) is 8.82. The summed E-state index contributed by atoms with van der Waals surface area (Å²) < 4.78 is 66.8. The Morgan fingerprint density at radius 3 is 2.00 bits per heavy atom. The molecule has 0 saturated carbocycles. The monoisotopic (exact) mass is 724 g/mol. The van der Waals surface area contributed by atoms with Gasteiger partial charge in [0.15, 0.2) is 0 Å². The minimum atomic E-state index is -1.37. The molecular weight excluding hydrogens is 683 g/mol. The Labute approximate surface area is 334 Å². The highest BCUT2D eigenvalue weighted by molar-refractivity contribution is 7.25. The summed E-state index contributed by atoms with van der Waals surface area (Å²) in [5.41, 5.74) is 8.13. The largest absolute Gasteiger partial charge is 0.310 e. The van der Waals surface area contributed by atoms with Crippen molar-refractivity contribution in [2.45, 2.75) is 5.41 Å². The maximum atomic E-state index is 9.94. The number of benzene rings is 9. The summed E-state index contributed by atoms with van der Waals surface area (Å²) in [5.74, 6) is 0. The molecule has 0 saturated heterocycles. The minimum absolute atomic E-state index is 0.0657. The first-order valence-corrected chi connectivity index (χ1v) is 19.2. The van der Waals surface area contributed by atoms with Crippen molar-refractivity contribution in [2.24, 2.45) is 0 Å². The highest BCUT2D eigenvalue weighted by Crippen LogP contribution is 2.60. The molecule has 2 heteroatoms. The van der Waals surface area contributed by atoms with Gasteiger partial charge in [0.1, 0.15) is 0 Å². The molecular formula is C53H35NS. The zero-order chi connectivity index (χ0) is 42.4. The van der Waals surface area contributed by atoms with Crippen molar-refractivity contribution in [3.8, 4) is 22.3 Å². The first kappa shape index (κ1) is 25.3. The van der Waals surface area contributed by atoms with Crippen molar-refractivity contribution in [2.75, 3.05) is 4.90 Å². The van der Waals surface area contributed by atoms with Crippen LogP contribution in [-0.4, -0.2) is 0 Å². The van der Waals surface area contributed by atoms with Crippen LogP contribution in [0.4, 0.5) is 17.1 Å². The van der Waals surface area contributed by atoms with Crippen LogP contribution in [0.15, 0.2) is 212 Å². The molecule has 0 aliphatic heterocycles. The van der Waals surface area contributed by atoms with E-state index in [2.05, 4.69) is 102 Å². The molecule has 10 aromatic rings. The van der Waals surface area contributed by atoms with Crippen LogP contribution in [0.2, 0.25) is 0 Å². The predicted octanol–water partition coefficient (Wildman–Crippen LogP) is 14.7. The van der Waals surface area contributed by atoms with Crippen LogP contribution in [0.1, 0.15) is 31.8 Å². The Bertz CT molecular complexity index is 3450. The van der Waals surface area contributed by atoms with Gasteiger partial charge in [-0.05, 0) is 92.2 Å². The summed E-state index contributed by atoms with van der Waals surface area (Å²) in [5, 5.41) is 2.01. The normalized spacial score (nSPS) is 16.4. The van der Waals surface area contributed by atoms with Crippen molar-refractivity contribution in [1.82, 2.24) is 0 Å². The van der Waals surface area contributed by atoms with Crippen LogP contribution >= 0.6 is 11.3 Å². The third kappa shape index (κ3) is 4.78. The van der Waals surface area contributed by atoms with Crippen LogP contribution in [0.25, 0.3) is 53.2 Å². The maximum absolute atomic E-state index is 9.94. The quantitative estimate of drug-likeness (QED) is 0.165.